The van der Waals surface area contributed by atoms with Crippen molar-refractivity contribution in [1.29, 1.82) is 0 Å². The van der Waals surface area contributed by atoms with Gasteiger partial charge in [0.15, 0.2) is 5.96 Å². The minimum Gasteiger partial charge on any atom is -0.370 e. The fourth-order valence-corrected chi connectivity index (χ4v) is 2.60. The summed E-state index contributed by atoms with van der Waals surface area (Å²) in [5, 5.41) is 3.10. The van der Waals surface area contributed by atoms with Gasteiger partial charge in [0.1, 0.15) is 0 Å². The van der Waals surface area contributed by atoms with Gasteiger partial charge in [-0.1, -0.05) is 32.9 Å². The summed E-state index contributed by atoms with van der Waals surface area (Å²) in [5.41, 5.74) is 6.96. The summed E-state index contributed by atoms with van der Waals surface area (Å²) in [6, 6.07) is 0.493. The van der Waals surface area contributed by atoms with Crippen molar-refractivity contribution in [2.45, 2.75) is 46.6 Å². The molecule has 0 aromatic rings. The molecule has 0 aliphatic carbocycles. The second-order valence-corrected chi connectivity index (χ2v) is 6.57. The predicted octanol–water partition coefficient (Wildman–Crippen LogP) is 2.84. The number of likely N-dealkylation sites (tertiary alicyclic amines) is 1. The number of nitrogens with zero attached hydrogens (tertiary/aromatic N) is 2. The molecule has 1 aliphatic heterocycles. The maximum absolute atomic E-state index is 5.90. The number of halogens is 1. The van der Waals surface area contributed by atoms with Crippen LogP contribution in [0.15, 0.2) is 17.1 Å². The van der Waals surface area contributed by atoms with E-state index >= 15 is 0 Å². The van der Waals surface area contributed by atoms with Gasteiger partial charge < -0.3 is 11.1 Å². The number of aliphatic imine (C=N–C) groups is 1. The topological polar surface area (TPSA) is 53.6 Å². The molecule has 1 heterocycles. The average molecular weight is 408 g/mol. The fourth-order valence-electron chi connectivity index (χ4n) is 2.60. The zero-order valence-electron chi connectivity index (χ0n) is 14.1. The lowest BCUT2D eigenvalue weighted by Gasteiger charge is -2.38. The Morgan fingerprint density at radius 3 is 2.43 bits per heavy atom. The van der Waals surface area contributed by atoms with Crippen LogP contribution in [0.1, 0.15) is 40.5 Å². The normalized spacial score (nSPS) is 19.2. The number of hydrogen-bond acceptors (Lipinski definition) is 2. The van der Waals surface area contributed by atoms with Gasteiger partial charge in [0.25, 0.3) is 0 Å². The summed E-state index contributed by atoms with van der Waals surface area (Å²) in [6.07, 6.45) is 2.60. The van der Waals surface area contributed by atoms with E-state index < -0.39 is 0 Å². The maximum Gasteiger partial charge on any atom is 0.188 e. The third kappa shape index (κ3) is 8.04. The number of nitrogens with one attached hydrogen (secondary N) is 1. The first-order valence-electron chi connectivity index (χ1n) is 7.82. The van der Waals surface area contributed by atoms with Crippen LogP contribution in [0.5, 0.6) is 0 Å². The highest BCUT2D eigenvalue weighted by molar-refractivity contribution is 14.0. The molecule has 0 bridgehead atoms. The highest BCUT2D eigenvalue weighted by atomic mass is 127. The highest BCUT2D eigenvalue weighted by Crippen LogP contribution is 2.21. The molecule has 1 saturated heterocycles. The maximum atomic E-state index is 5.90. The molecule has 1 fully saturated rings. The summed E-state index contributed by atoms with van der Waals surface area (Å²) in [7, 11) is 0. The molecule has 3 N–H and O–H groups in total. The third-order valence-corrected chi connectivity index (χ3v) is 4.08. The summed E-state index contributed by atoms with van der Waals surface area (Å²) in [4.78, 5) is 7.10. The van der Waals surface area contributed by atoms with E-state index in [2.05, 4.69) is 42.6 Å². The molecule has 0 aromatic carbocycles. The van der Waals surface area contributed by atoms with Gasteiger partial charge in [-0.3, -0.25) is 9.89 Å². The Balaban J connectivity index is 0.00000400. The molecular formula is C16H33IN4. The van der Waals surface area contributed by atoms with Crippen LogP contribution in [0.3, 0.4) is 0 Å². The molecule has 1 unspecified atom stereocenters. The summed E-state index contributed by atoms with van der Waals surface area (Å²) < 4.78 is 0. The van der Waals surface area contributed by atoms with Crippen molar-refractivity contribution in [2.75, 3.05) is 26.2 Å². The van der Waals surface area contributed by atoms with E-state index in [0.29, 0.717) is 24.5 Å². The third-order valence-electron chi connectivity index (χ3n) is 4.08. The molecule has 0 radical (unpaired) electrons. The van der Waals surface area contributed by atoms with Gasteiger partial charge >= 0.3 is 0 Å². The van der Waals surface area contributed by atoms with Gasteiger partial charge in [0.05, 0.1) is 6.54 Å². The van der Waals surface area contributed by atoms with Crippen LogP contribution in [-0.4, -0.2) is 43.1 Å². The zero-order valence-corrected chi connectivity index (χ0v) is 16.4. The lowest BCUT2D eigenvalue weighted by atomic mass is 9.94. The molecule has 0 spiro atoms. The summed E-state index contributed by atoms with van der Waals surface area (Å²) in [6.45, 7) is 16.6. The molecule has 1 rings (SSSR count). The lowest BCUT2D eigenvalue weighted by Crippen LogP contribution is -2.46. The number of piperidine rings is 1. The number of rotatable bonds is 6. The Morgan fingerprint density at radius 2 is 1.95 bits per heavy atom. The average Bonchev–Trinajstić information content (AvgIpc) is 2.38. The molecule has 1 aliphatic rings. The first-order chi connectivity index (χ1) is 9.40. The molecule has 21 heavy (non-hydrogen) atoms. The van der Waals surface area contributed by atoms with Crippen LogP contribution < -0.4 is 11.1 Å². The van der Waals surface area contributed by atoms with Gasteiger partial charge in [-0.15, -0.1) is 24.0 Å². The summed E-state index contributed by atoms with van der Waals surface area (Å²) >= 11 is 0. The molecule has 5 heteroatoms. The quantitative estimate of drug-likeness (QED) is 0.308. The van der Waals surface area contributed by atoms with Crippen LogP contribution in [-0.2, 0) is 0 Å². The van der Waals surface area contributed by atoms with Crippen LogP contribution in [0.4, 0.5) is 0 Å². The first kappa shape index (κ1) is 20.7. The van der Waals surface area contributed by atoms with E-state index in [1.165, 1.54) is 25.9 Å². The van der Waals surface area contributed by atoms with Gasteiger partial charge in [-0.05, 0) is 44.7 Å². The highest BCUT2D eigenvalue weighted by Gasteiger charge is 2.25. The minimum atomic E-state index is 0. The van der Waals surface area contributed by atoms with Gasteiger partial charge in [0.2, 0.25) is 0 Å². The molecule has 124 valence electrons. The van der Waals surface area contributed by atoms with Crippen molar-refractivity contribution in [3.8, 4) is 0 Å². The Bertz CT molecular complexity index is 333. The van der Waals surface area contributed by atoms with Crippen molar-refractivity contribution >= 4 is 29.9 Å². The van der Waals surface area contributed by atoms with E-state index in [9.17, 15) is 0 Å². The second kappa shape index (κ2) is 10.4. The van der Waals surface area contributed by atoms with Crippen molar-refractivity contribution < 1.29 is 0 Å². The second-order valence-electron chi connectivity index (χ2n) is 6.57. The molecule has 0 amide bonds. The number of hydrogen-bond donors (Lipinski definition) is 2. The molecule has 1 atom stereocenters. The van der Waals surface area contributed by atoms with Crippen LogP contribution in [0.2, 0.25) is 0 Å². The fraction of sp³-hybridized carbons (Fsp3) is 0.812. The first-order valence-corrected chi connectivity index (χ1v) is 7.82. The largest absolute Gasteiger partial charge is 0.370 e. The molecular weight excluding hydrogens is 375 g/mol. The predicted molar refractivity (Wildman–Crippen MR) is 103 cm³/mol. The van der Waals surface area contributed by atoms with E-state index in [4.69, 9.17) is 5.73 Å². The van der Waals surface area contributed by atoms with Gasteiger partial charge in [0, 0.05) is 12.6 Å². The Morgan fingerprint density at radius 1 is 1.38 bits per heavy atom. The van der Waals surface area contributed by atoms with Crippen molar-refractivity contribution in [3.63, 3.8) is 0 Å². The standard InChI is InChI=1S/C16H32N4.HI/c1-12(2)10-18-16(17)19-11-15(13(3)4)20-8-6-14(5)7-9-20;/h13-15H,1,6-11H2,2-5H3,(H3,17,18,19);1H. The van der Waals surface area contributed by atoms with E-state index in [0.717, 1.165) is 18.0 Å². The van der Waals surface area contributed by atoms with E-state index in [1.807, 2.05) is 6.92 Å². The van der Waals surface area contributed by atoms with Crippen molar-refractivity contribution in [1.82, 2.24) is 10.2 Å². The van der Waals surface area contributed by atoms with E-state index in [-0.39, 0.29) is 24.0 Å². The molecule has 4 nitrogen and oxygen atoms in total. The van der Waals surface area contributed by atoms with Crippen LogP contribution >= 0.6 is 24.0 Å². The lowest BCUT2D eigenvalue weighted by molar-refractivity contribution is 0.113. The number of guanidine groups is 1. The van der Waals surface area contributed by atoms with Crippen molar-refractivity contribution in [3.05, 3.63) is 12.2 Å². The van der Waals surface area contributed by atoms with Gasteiger partial charge in [-0.2, -0.15) is 0 Å². The van der Waals surface area contributed by atoms with E-state index in [1.54, 1.807) is 0 Å². The van der Waals surface area contributed by atoms with Crippen LogP contribution in [0, 0.1) is 11.8 Å². The SMILES string of the molecule is C=C(C)CNC(N)=NCC(C(C)C)N1CCC(C)CC1.I. The Labute approximate surface area is 147 Å². The van der Waals surface area contributed by atoms with Gasteiger partial charge in [-0.25, -0.2) is 0 Å². The Hall–Kier alpha value is -0.300. The Kier molecular flexibility index (Phi) is 10.3. The molecule has 0 aromatic heterocycles. The summed E-state index contributed by atoms with van der Waals surface area (Å²) in [5.74, 6) is 2.00. The van der Waals surface area contributed by atoms with Crippen molar-refractivity contribution in [2.24, 2.45) is 22.6 Å². The monoisotopic (exact) mass is 408 g/mol. The zero-order chi connectivity index (χ0) is 15.1. The smallest absolute Gasteiger partial charge is 0.188 e. The van der Waals surface area contributed by atoms with Crippen LogP contribution in [0.25, 0.3) is 0 Å². The minimum absolute atomic E-state index is 0. The number of nitrogens with two attached hydrogens (primary N) is 1. The molecule has 0 saturated carbocycles.